The first kappa shape index (κ1) is 9.45. The van der Waals surface area contributed by atoms with Crippen molar-refractivity contribution in [1.29, 1.82) is 5.26 Å². The third kappa shape index (κ3) is 1.87. The summed E-state index contributed by atoms with van der Waals surface area (Å²) in [5.41, 5.74) is 0. The van der Waals surface area contributed by atoms with Crippen molar-refractivity contribution in [2.45, 2.75) is 9.50 Å². The maximum atomic E-state index is 8.65. The minimum absolute atomic E-state index is 0.236. The van der Waals surface area contributed by atoms with E-state index in [-0.39, 0.29) is 5.15 Å². The number of halogens is 1. The molecule has 0 fully saturated rings. The fraction of sp³-hybridized carbons (Fsp3) is 0. The Hall–Kier alpha value is -1.10. The van der Waals surface area contributed by atoms with E-state index in [1.807, 2.05) is 6.07 Å². The van der Waals surface area contributed by atoms with Gasteiger partial charge >= 0.3 is 0 Å². The number of H-pyrrole nitrogens is 1. The van der Waals surface area contributed by atoms with Gasteiger partial charge in [0, 0.05) is 0 Å². The lowest BCUT2D eigenvalue weighted by atomic mass is 10.6. The molecule has 2 rings (SSSR count). The fourth-order valence-electron chi connectivity index (χ4n) is 0.722. The first-order valence-electron chi connectivity index (χ1n) is 3.39. The van der Waals surface area contributed by atoms with E-state index in [1.165, 1.54) is 29.4 Å². The van der Waals surface area contributed by atoms with Crippen molar-refractivity contribution in [2.24, 2.45) is 0 Å². The average molecular weight is 244 g/mol. The van der Waals surface area contributed by atoms with Crippen LogP contribution in [0.1, 0.15) is 4.88 Å². The van der Waals surface area contributed by atoms with Crippen molar-refractivity contribution in [3.8, 4) is 6.07 Å². The summed E-state index contributed by atoms with van der Waals surface area (Å²) in [6.07, 6.45) is 1.41. The Kier molecular flexibility index (Phi) is 2.67. The van der Waals surface area contributed by atoms with E-state index >= 15 is 0 Å². The standard InChI is InChI=1S/C6H2ClN5S2/c7-4-3(1-8)13-6(11-4)14-5-9-2-10-12-5/h2H,(H,9,10,12). The van der Waals surface area contributed by atoms with Gasteiger partial charge < -0.3 is 0 Å². The second-order valence-corrected chi connectivity index (χ2v) is 4.70. The quantitative estimate of drug-likeness (QED) is 0.872. The summed E-state index contributed by atoms with van der Waals surface area (Å²) in [5, 5.41) is 15.9. The topological polar surface area (TPSA) is 78.2 Å². The Labute approximate surface area is 92.1 Å². The second kappa shape index (κ2) is 3.96. The van der Waals surface area contributed by atoms with Gasteiger partial charge in [-0.3, -0.25) is 5.10 Å². The molecule has 0 aliphatic heterocycles. The molecule has 0 aliphatic carbocycles. The van der Waals surface area contributed by atoms with Crippen LogP contribution in [0.2, 0.25) is 5.15 Å². The zero-order valence-corrected chi connectivity index (χ0v) is 8.95. The highest BCUT2D eigenvalue weighted by molar-refractivity contribution is 8.00. The first-order valence-corrected chi connectivity index (χ1v) is 5.40. The summed E-state index contributed by atoms with van der Waals surface area (Å²) >= 11 is 8.22. The summed E-state index contributed by atoms with van der Waals surface area (Å²) in [6.45, 7) is 0. The van der Waals surface area contributed by atoms with Gasteiger partial charge in [0.2, 0.25) is 0 Å². The Morgan fingerprint density at radius 1 is 1.64 bits per heavy atom. The number of nitrogens with zero attached hydrogens (tertiary/aromatic N) is 4. The third-order valence-corrected chi connectivity index (χ3v) is 3.54. The van der Waals surface area contributed by atoms with E-state index in [9.17, 15) is 0 Å². The largest absolute Gasteiger partial charge is 0.254 e. The molecule has 0 spiro atoms. The van der Waals surface area contributed by atoms with Crippen LogP contribution in [0.4, 0.5) is 0 Å². The highest BCUT2D eigenvalue weighted by Crippen LogP contribution is 2.32. The van der Waals surface area contributed by atoms with Gasteiger partial charge in [0.15, 0.2) is 14.6 Å². The zero-order chi connectivity index (χ0) is 9.97. The summed E-state index contributed by atoms with van der Waals surface area (Å²) in [7, 11) is 0. The van der Waals surface area contributed by atoms with Crippen LogP contribution in [0.15, 0.2) is 15.8 Å². The number of hydrogen-bond donors (Lipinski definition) is 1. The van der Waals surface area contributed by atoms with Crippen LogP contribution < -0.4 is 0 Å². The molecule has 70 valence electrons. The molecular formula is C6H2ClN5S2. The van der Waals surface area contributed by atoms with Crippen LogP contribution in [-0.4, -0.2) is 20.2 Å². The molecule has 14 heavy (non-hydrogen) atoms. The molecule has 0 atom stereocenters. The van der Waals surface area contributed by atoms with E-state index in [1.54, 1.807) is 0 Å². The highest BCUT2D eigenvalue weighted by atomic mass is 35.5. The summed E-state index contributed by atoms with van der Waals surface area (Å²) < 4.78 is 0.670. The lowest BCUT2D eigenvalue weighted by molar-refractivity contribution is 0.972. The predicted molar refractivity (Wildman–Crippen MR) is 52.3 cm³/mol. The number of hydrogen-bond acceptors (Lipinski definition) is 6. The lowest BCUT2D eigenvalue weighted by Gasteiger charge is -1.86. The molecule has 0 bridgehead atoms. The van der Waals surface area contributed by atoms with Gasteiger partial charge in [-0.25, -0.2) is 9.97 Å². The zero-order valence-electron chi connectivity index (χ0n) is 6.56. The molecule has 0 saturated carbocycles. The monoisotopic (exact) mass is 243 g/mol. The van der Waals surface area contributed by atoms with Gasteiger partial charge in [0.25, 0.3) is 0 Å². The number of nitriles is 1. The fourth-order valence-corrected chi connectivity index (χ4v) is 2.71. The van der Waals surface area contributed by atoms with Crippen molar-refractivity contribution in [3.63, 3.8) is 0 Å². The van der Waals surface area contributed by atoms with Crippen LogP contribution >= 0.6 is 34.7 Å². The number of aromatic amines is 1. The number of nitrogens with one attached hydrogen (secondary N) is 1. The Balaban J connectivity index is 2.23. The van der Waals surface area contributed by atoms with E-state index in [2.05, 4.69) is 20.2 Å². The molecule has 0 amide bonds. The third-order valence-electron chi connectivity index (χ3n) is 1.24. The maximum Gasteiger partial charge on any atom is 0.190 e. The molecule has 0 saturated heterocycles. The van der Waals surface area contributed by atoms with Crippen molar-refractivity contribution >= 4 is 34.7 Å². The van der Waals surface area contributed by atoms with Crippen LogP contribution in [0.5, 0.6) is 0 Å². The normalized spacial score (nSPS) is 10.0. The highest BCUT2D eigenvalue weighted by Gasteiger charge is 2.10. The first-order chi connectivity index (χ1) is 6.79. The van der Waals surface area contributed by atoms with E-state index in [0.717, 1.165) is 0 Å². The lowest BCUT2D eigenvalue weighted by Crippen LogP contribution is -1.74. The van der Waals surface area contributed by atoms with Gasteiger partial charge in [-0.2, -0.15) is 10.4 Å². The summed E-state index contributed by atoms with van der Waals surface area (Å²) in [4.78, 5) is 8.32. The molecule has 1 N–H and O–H groups in total. The molecule has 0 aromatic carbocycles. The smallest absolute Gasteiger partial charge is 0.190 e. The van der Waals surface area contributed by atoms with Crippen molar-refractivity contribution in [1.82, 2.24) is 20.2 Å². The molecule has 0 aliphatic rings. The van der Waals surface area contributed by atoms with Gasteiger partial charge in [0.1, 0.15) is 17.3 Å². The minimum Gasteiger partial charge on any atom is -0.254 e. The van der Waals surface area contributed by atoms with Crippen molar-refractivity contribution < 1.29 is 0 Å². The number of rotatable bonds is 2. The van der Waals surface area contributed by atoms with Crippen LogP contribution in [0, 0.1) is 11.3 Å². The Bertz CT molecular complexity index is 471. The molecule has 5 nitrogen and oxygen atoms in total. The van der Waals surface area contributed by atoms with Gasteiger partial charge in [-0.1, -0.05) is 22.9 Å². The van der Waals surface area contributed by atoms with Gasteiger partial charge in [0.05, 0.1) is 0 Å². The summed E-state index contributed by atoms with van der Waals surface area (Å²) in [6, 6.07) is 1.96. The average Bonchev–Trinajstić information content (AvgIpc) is 2.76. The van der Waals surface area contributed by atoms with Crippen LogP contribution in [0.3, 0.4) is 0 Å². The van der Waals surface area contributed by atoms with E-state index < -0.39 is 0 Å². The van der Waals surface area contributed by atoms with E-state index in [4.69, 9.17) is 16.9 Å². The molecule has 0 radical (unpaired) electrons. The van der Waals surface area contributed by atoms with Gasteiger partial charge in [-0.15, -0.1) is 0 Å². The van der Waals surface area contributed by atoms with E-state index in [0.29, 0.717) is 14.4 Å². The molecule has 8 heteroatoms. The molecule has 2 aromatic heterocycles. The Morgan fingerprint density at radius 3 is 3.07 bits per heavy atom. The molecule has 0 unspecified atom stereocenters. The minimum atomic E-state index is 0.236. The molecule has 2 aromatic rings. The number of thiazole rings is 1. The Morgan fingerprint density at radius 2 is 2.50 bits per heavy atom. The van der Waals surface area contributed by atoms with Crippen LogP contribution in [-0.2, 0) is 0 Å². The van der Waals surface area contributed by atoms with Crippen LogP contribution in [0.25, 0.3) is 0 Å². The summed E-state index contributed by atoms with van der Waals surface area (Å²) in [5.74, 6) is 0. The maximum absolute atomic E-state index is 8.65. The van der Waals surface area contributed by atoms with Gasteiger partial charge in [-0.05, 0) is 11.8 Å². The SMILES string of the molecule is N#Cc1sc(Sc2ncn[nH]2)nc1Cl. The molecule has 2 heterocycles. The predicted octanol–water partition coefficient (Wildman–Crippen LogP) is 1.94. The second-order valence-electron chi connectivity index (χ2n) is 2.10. The van der Waals surface area contributed by atoms with Crippen molar-refractivity contribution in [3.05, 3.63) is 16.4 Å². The number of aromatic nitrogens is 4. The molecular weight excluding hydrogens is 242 g/mol. The van der Waals surface area contributed by atoms with Crippen molar-refractivity contribution in [2.75, 3.05) is 0 Å².